The second kappa shape index (κ2) is 10.8. The smallest absolute Gasteiger partial charge is 0.190 e. The highest BCUT2D eigenvalue weighted by Crippen LogP contribution is 2.12. The topological polar surface area (TPSA) is 88.4 Å². The summed E-state index contributed by atoms with van der Waals surface area (Å²) in [7, 11) is 0.561. The minimum Gasteiger partial charge on any atom is -0.356 e. The molecule has 9 heteroatoms. The molecule has 0 amide bonds. The maximum Gasteiger partial charge on any atom is 0.190 e. The number of nitrogens with zero attached hydrogens (tertiary/aromatic N) is 3. The summed E-state index contributed by atoms with van der Waals surface area (Å²) >= 11 is 0. The van der Waals surface area contributed by atoms with Crippen molar-refractivity contribution in [1.29, 1.82) is 0 Å². The molecule has 2 rings (SSSR count). The molecule has 7 nitrogen and oxygen atoms in total. The van der Waals surface area contributed by atoms with Gasteiger partial charge in [0.05, 0.1) is 10.6 Å². The minimum absolute atomic E-state index is 0. The molecule has 2 aromatic rings. The van der Waals surface area contributed by atoms with E-state index in [0.29, 0.717) is 11.4 Å². The van der Waals surface area contributed by atoms with E-state index in [1.54, 1.807) is 19.2 Å². The lowest BCUT2D eigenvalue weighted by Gasteiger charge is -2.12. The first-order valence-corrected chi connectivity index (χ1v) is 10.8. The van der Waals surface area contributed by atoms with Crippen LogP contribution in [0.5, 0.6) is 0 Å². The Hall–Kier alpha value is -1.62. The van der Waals surface area contributed by atoms with Crippen LogP contribution in [0.25, 0.3) is 0 Å². The van der Waals surface area contributed by atoms with Gasteiger partial charge in [0.15, 0.2) is 15.8 Å². The minimum atomic E-state index is -3.15. The van der Waals surface area contributed by atoms with Crippen molar-refractivity contribution in [2.75, 3.05) is 26.4 Å². The van der Waals surface area contributed by atoms with Crippen molar-refractivity contribution in [3.8, 4) is 0 Å². The fourth-order valence-electron chi connectivity index (χ4n) is 2.93. The van der Waals surface area contributed by atoms with Crippen molar-refractivity contribution in [3.63, 3.8) is 0 Å². The molecule has 2 N–H and O–H groups in total. The molecule has 0 spiro atoms. The monoisotopic (exact) mass is 519 g/mol. The molecule has 0 radical (unpaired) electrons. The zero-order valence-corrected chi connectivity index (χ0v) is 20.3. The van der Waals surface area contributed by atoms with Crippen LogP contribution < -0.4 is 10.6 Å². The summed E-state index contributed by atoms with van der Waals surface area (Å²) in [6.45, 7) is 5.60. The van der Waals surface area contributed by atoms with Gasteiger partial charge in [-0.1, -0.05) is 12.1 Å². The van der Waals surface area contributed by atoms with Crippen LogP contribution in [0, 0.1) is 13.8 Å². The van der Waals surface area contributed by atoms with Crippen molar-refractivity contribution in [2.24, 2.45) is 12.0 Å². The summed E-state index contributed by atoms with van der Waals surface area (Å²) in [5.41, 5.74) is 4.60. The Balaban J connectivity index is 0.00000392. The number of hydrogen-bond donors (Lipinski definition) is 2. The van der Waals surface area contributed by atoms with Crippen molar-refractivity contribution >= 4 is 39.8 Å². The van der Waals surface area contributed by atoms with E-state index in [9.17, 15) is 8.42 Å². The highest BCUT2D eigenvalue weighted by atomic mass is 127. The van der Waals surface area contributed by atoms with E-state index in [4.69, 9.17) is 0 Å². The molecule has 0 fully saturated rings. The summed E-state index contributed by atoms with van der Waals surface area (Å²) < 4.78 is 24.9. The van der Waals surface area contributed by atoms with Crippen LogP contribution in [0.2, 0.25) is 0 Å². The van der Waals surface area contributed by atoms with Crippen molar-refractivity contribution in [2.45, 2.75) is 31.6 Å². The summed E-state index contributed by atoms with van der Waals surface area (Å²) in [6, 6.07) is 7.00. The van der Waals surface area contributed by atoms with Gasteiger partial charge >= 0.3 is 0 Å². The first kappa shape index (κ1) is 24.4. The molecule has 1 aromatic carbocycles. The van der Waals surface area contributed by atoms with Crippen LogP contribution in [-0.2, 0) is 29.7 Å². The molecule has 0 unspecified atom stereocenters. The Morgan fingerprint density at radius 3 is 2.14 bits per heavy atom. The number of halogens is 1. The third-order valence-corrected chi connectivity index (χ3v) is 5.74. The van der Waals surface area contributed by atoms with Gasteiger partial charge < -0.3 is 10.6 Å². The zero-order chi connectivity index (χ0) is 20.0. The van der Waals surface area contributed by atoms with Crippen molar-refractivity contribution < 1.29 is 8.42 Å². The van der Waals surface area contributed by atoms with E-state index in [-0.39, 0.29) is 24.0 Å². The summed E-state index contributed by atoms with van der Waals surface area (Å²) in [5, 5.41) is 11.0. The number of benzene rings is 1. The second-order valence-corrected chi connectivity index (χ2v) is 8.63. The number of aliphatic imine (C=N–C) groups is 1. The largest absolute Gasteiger partial charge is 0.356 e. The molecule has 0 aliphatic heterocycles. The van der Waals surface area contributed by atoms with Crippen LogP contribution in [-0.4, -0.2) is 50.6 Å². The highest BCUT2D eigenvalue weighted by Gasteiger charge is 2.09. The third-order valence-electron chi connectivity index (χ3n) is 4.61. The number of sulfone groups is 1. The average molecular weight is 519 g/mol. The standard InChI is InChI=1S/C19H29N5O2S.HI/c1-14-18(15(2)24(4)23-14)11-13-22-19(20-3)21-12-10-16-6-8-17(9-7-16)27(5,25)26;/h6-9H,10-13H2,1-5H3,(H2,20,21,22);1H. The molecule has 0 aliphatic rings. The highest BCUT2D eigenvalue weighted by molar-refractivity contribution is 14.0. The Bertz CT molecular complexity index is 905. The maximum atomic E-state index is 11.5. The van der Waals surface area contributed by atoms with E-state index in [1.807, 2.05) is 30.8 Å². The SMILES string of the molecule is CN=C(NCCc1ccc(S(C)(=O)=O)cc1)NCCc1c(C)nn(C)c1C.I. The molecule has 0 aliphatic carbocycles. The van der Waals surface area contributed by atoms with Gasteiger partial charge in [-0.2, -0.15) is 5.10 Å². The van der Waals surface area contributed by atoms with Gasteiger partial charge in [-0.3, -0.25) is 9.67 Å². The molecule has 28 heavy (non-hydrogen) atoms. The lowest BCUT2D eigenvalue weighted by atomic mass is 10.1. The number of aromatic nitrogens is 2. The Kier molecular flexibility index (Phi) is 9.42. The lowest BCUT2D eigenvalue weighted by molar-refractivity contribution is 0.602. The summed E-state index contributed by atoms with van der Waals surface area (Å²) in [4.78, 5) is 4.59. The van der Waals surface area contributed by atoms with Gasteiger partial charge in [-0.15, -0.1) is 24.0 Å². The van der Waals surface area contributed by atoms with Crippen molar-refractivity contribution in [3.05, 3.63) is 46.8 Å². The first-order chi connectivity index (χ1) is 12.7. The van der Waals surface area contributed by atoms with Gasteiger partial charge in [0.2, 0.25) is 0 Å². The molecule has 0 atom stereocenters. The molecule has 156 valence electrons. The van der Waals surface area contributed by atoms with Crippen LogP contribution in [0.1, 0.15) is 22.5 Å². The van der Waals surface area contributed by atoms with E-state index in [0.717, 1.165) is 36.6 Å². The number of guanidine groups is 1. The van der Waals surface area contributed by atoms with E-state index in [2.05, 4.69) is 27.6 Å². The normalized spacial score (nSPS) is 11.8. The Labute approximate surface area is 185 Å². The van der Waals surface area contributed by atoms with Gasteiger partial charge in [-0.25, -0.2) is 8.42 Å². The summed E-state index contributed by atoms with van der Waals surface area (Å²) in [6.07, 6.45) is 2.89. The molecule has 0 saturated heterocycles. The number of nitrogens with one attached hydrogen (secondary N) is 2. The van der Waals surface area contributed by atoms with Crippen molar-refractivity contribution in [1.82, 2.24) is 20.4 Å². The lowest BCUT2D eigenvalue weighted by Crippen LogP contribution is -2.39. The van der Waals surface area contributed by atoms with Crippen LogP contribution >= 0.6 is 24.0 Å². The number of aryl methyl sites for hydroxylation is 2. The first-order valence-electron chi connectivity index (χ1n) is 8.95. The average Bonchev–Trinajstić information content (AvgIpc) is 2.86. The van der Waals surface area contributed by atoms with E-state index < -0.39 is 9.84 Å². The Morgan fingerprint density at radius 2 is 1.68 bits per heavy atom. The predicted octanol–water partition coefficient (Wildman–Crippen LogP) is 2.01. The molecule has 0 saturated carbocycles. The molecular weight excluding hydrogens is 489 g/mol. The second-order valence-electron chi connectivity index (χ2n) is 6.61. The van der Waals surface area contributed by atoms with Crippen LogP contribution in [0.3, 0.4) is 0 Å². The predicted molar refractivity (Wildman–Crippen MR) is 124 cm³/mol. The molecule has 1 aromatic heterocycles. The summed E-state index contributed by atoms with van der Waals surface area (Å²) in [5.74, 6) is 0.752. The fraction of sp³-hybridized carbons (Fsp3) is 0.474. The molecular formula is C19H30IN5O2S. The fourth-order valence-corrected chi connectivity index (χ4v) is 3.56. The van der Waals surface area contributed by atoms with Crippen LogP contribution in [0.15, 0.2) is 34.2 Å². The molecule has 1 heterocycles. The molecule has 0 bridgehead atoms. The number of rotatable bonds is 7. The Morgan fingerprint density at radius 1 is 1.11 bits per heavy atom. The third kappa shape index (κ3) is 6.77. The van der Waals surface area contributed by atoms with Gasteiger partial charge in [0.1, 0.15) is 0 Å². The van der Waals surface area contributed by atoms with E-state index >= 15 is 0 Å². The quantitative estimate of drug-likeness (QED) is 0.332. The van der Waals surface area contributed by atoms with E-state index in [1.165, 1.54) is 17.5 Å². The maximum absolute atomic E-state index is 11.5. The van der Waals surface area contributed by atoms with Gasteiger partial charge in [0, 0.05) is 39.1 Å². The van der Waals surface area contributed by atoms with Gasteiger partial charge in [-0.05, 0) is 49.9 Å². The zero-order valence-electron chi connectivity index (χ0n) is 17.1. The van der Waals surface area contributed by atoms with Gasteiger partial charge in [0.25, 0.3) is 0 Å². The number of hydrogen-bond acceptors (Lipinski definition) is 4. The van der Waals surface area contributed by atoms with Crippen LogP contribution in [0.4, 0.5) is 0 Å².